The Balaban J connectivity index is 0.000000179. The van der Waals surface area contributed by atoms with Crippen LogP contribution < -0.4 is 10.6 Å². The summed E-state index contributed by atoms with van der Waals surface area (Å²) in [6.07, 6.45) is 16.2. The minimum Gasteiger partial charge on any atom is -0.383 e. The molecule has 0 fully saturated rings. The number of hydrogen-bond acceptors (Lipinski definition) is 13. The van der Waals surface area contributed by atoms with Crippen molar-refractivity contribution in [2.45, 2.75) is 72.9 Å². The van der Waals surface area contributed by atoms with Crippen molar-refractivity contribution in [1.82, 2.24) is 59.9 Å². The van der Waals surface area contributed by atoms with E-state index in [4.69, 9.17) is 14.7 Å². The minimum atomic E-state index is 0.382. The van der Waals surface area contributed by atoms with Crippen molar-refractivity contribution in [3.05, 3.63) is 109 Å². The number of pyridine rings is 4. The van der Waals surface area contributed by atoms with E-state index < -0.39 is 0 Å². The zero-order valence-corrected chi connectivity index (χ0v) is 34.6. The van der Waals surface area contributed by atoms with Gasteiger partial charge in [0.15, 0.2) is 11.6 Å². The van der Waals surface area contributed by atoms with Crippen LogP contribution in [0.2, 0.25) is 0 Å². The Hall–Kier alpha value is -6.74. The summed E-state index contributed by atoms with van der Waals surface area (Å²) in [7, 11) is 1.68. The smallest absolute Gasteiger partial charge is 0.154 e. The second-order valence-electron chi connectivity index (χ2n) is 15.4. The number of aryl methyl sites for hydroxylation is 1. The molecule has 0 aliphatic rings. The van der Waals surface area contributed by atoms with Crippen LogP contribution in [0.25, 0.3) is 44.3 Å². The van der Waals surface area contributed by atoms with Gasteiger partial charge in [-0.25, -0.2) is 9.97 Å². The van der Waals surface area contributed by atoms with Crippen LogP contribution in [0.5, 0.6) is 0 Å². The van der Waals surface area contributed by atoms with Crippen LogP contribution in [0.15, 0.2) is 98.1 Å². The number of nitrogens with one attached hydrogen (secondary N) is 2. The largest absolute Gasteiger partial charge is 0.383 e. The van der Waals surface area contributed by atoms with E-state index >= 15 is 0 Å². The normalized spacial score (nSPS) is 11.4. The maximum absolute atomic E-state index is 5.10. The van der Waals surface area contributed by atoms with E-state index in [1.165, 1.54) is 0 Å². The summed E-state index contributed by atoms with van der Waals surface area (Å²) >= 11 is 0. The lowest BCUT2D eigenvalue weighted by Crippen LogP contribution is -2.03. The molecule has 0 aromatic carbocycles. The van der Waals surface area contributed by atoms with Crippen LogP contribution in [-0.2, 0) is 17.8 Å². The van der Waals surface area contributed by atoms with Crippen LogP contribution in [0, 0.1) is 5.92 Å². The van der Waals surface area contributed by atoms with E-state index in [1.54, 1.807) is 19.5 Å². The lowest BCUT2D eigenvalue weighted by atomic mass is 10.1. The number of anilines is 4. The SMILES string of the molecule is CC(C)CCn1cc(-c2cnc3ccc(Nc4cc(C(C)C)cnn4)nc3c2)cn1.COCCn1cc(-c2cnc3ccc(Nc4cc(C(C)C)cnn4)nc3c2)cn1. The molecule has 0 atom stereocenters. The fourth-order valence-corrected chi connectivity index (χ4v) is 6.09. The van der Waals surface area contributed by atoms with Gasteiger partial charge in [-0.05, 0) is 83.8 Å². The van der Waals surface area contributed by atoms with Gasteiger partial charge in [0.05, 0.1) is 60.0 Å². The monoisotopic (exact) mass is 790 g/mol. The number of aromatic nitrogens is 12. The Kier molecular flexibility index (Phi) is 12.8. The summed E-state index contributed by atoms with van der Waals surface area (Å²) in [6, 6.07) is 15.8. The minimum absolute atomic E-state index is 0.382. The summed E-state index contributed by atoms with van der Waals surface area (Å²) in [5.41, 5.74) is 9.55. The number of methoxy groups -OCH3 is 1. The van der Waals surface area contributed by atoms with Gasteiger partial charge in [0.25, 0.3) is 0 Å². The molecule has 302 valence electrons. The number of nitrogens with zero attached hydrogens (tertiary/aromatic N) is 12. The van der Waals surface area contributed by atoms with Crippen molar-refractivity contribution in [3.63, 3.8) is 0 Å². The van der Waals surface area contributed by atoms with Crippen molar-refractivity contribution in [2.24, 2.45) is 5.92 Å². The van der Waals surface area contributed by atoms with Crippen molar-refractivity contribution in [1.29, 1.82) is 0 Å². The average molecular weight is 791 g/mol. The Morgan fingerprint density at radius 3 is 1.49 bits per heavy atom. The number of ether oxygens (including phenoxy) is 1. The summed E-state index contributed by atoms with van der Waals surface area (Å²) < 4.78 is 8.95. The Morgan fingerprint density at radius 1 is 0.542 bits per heavy atom. The van der Waals surface area contributed by atoms with Gasteiger partial charge in [-0.1, -0.05) is 41.5 Å². The lowest BCUT2D eigenvalue weighted by molar-refractivity contribution is 0.183. The highest BCUT2D eigenvalue weighted by molar-refractivity contribution is 5.83. The van der Waals surface area contributed by atoms with Crippen LogP contribution in [0.4, 0.5) is 23.3 Å². The van der Waals surface area contributed by atoms with Gasteiger partial charge < -0.3 is 15.4 Å². The van der Waals surface area contributed by atoms with Crippen molar-refractivity contribution in [2.75, 3.05) is 24.4 Å². The molecule has 8 aromatic heterocycles. The molecule has 0 aliphatic heterocycles. The van der Waals surface area contributed by atoms with Crippen LogP contribution in [0.1, 0.15) is 70.9 Å². The molecule has 59 heavy (non-hydrogen) atoms. The zero-order chi connectivity index (χ0) is 41.3. The summed E-state index contributed by atoms with van der Waals surface area (Å²) in [6.45, 7) is 15.2. The number of rotatable bonds is 14. The molecular weight excluding hydrogens is 741 g/mol. The van der Waals surface area contributed by atoms with Gasteiger partial charge in [-0.2, -0.15) is 20.4 Å². The molecule has 0 bridgehead atoms. The van der Waals surface area contributed by atoms with Crippen LogP contribution in [0.3, 0.4) is 0 Å². The molecule has 0 amide bonds. The fraction of sp³-hybridized carbons (Fsp3) is 0.318. The van der Waals surface area contributed by atoms with Gasteiger partial charge in [-0.3, -0.25) is 19.3 Å². The second-order valence-corrected chi connectivity index (χ2v) is 15.4. The summed E-state index contributed by atoms with van der Waals surface area (Å²) in [5.74, 6) is 4.19. The Bertz CT molecular complexity index is 2630. The molecule has 15 heteroatoms. The zero-order valence-electron chi connectivity index (χ0n) is 34.6. The molecular formula is C44H50N14O. The van der Waals surface area contributed by atoms with E-state index in [0.29, 0.717) is 54.2 Å². The topological polar surface area (TPSA) is 172 Å². The maximum atomic E-state index is 5.10. The van der Waals surface area contributed by atoms with Gasteiger partial charge in [0, 0.05) is 60.7 Å². The summed E-state index contributed by atoms with van der Waals surface area (Å²) in [4.78, 5) is 18.5. The first kappa shape index (κ1) is 40.5. The van der Waals surface area contributed by atoms with Crippen LogP contribution in [-0.4, -0.2) is 73.6 Å². The highest BCUT2D eigenvalue weighted by Crippen LogP contribution is 2.26. The van der Waals surface area contributed by atoms with E-state index in [9.17, 15) is 0 Å². The van der Waals surface area contributed by atoms with E-state index in [0.717, 1.165) is 68.4 Å². The van der Waals surface area contributed by atoms with Gasteiger partial charge in [0.1, 0.15) is 11.6 Å². The molecule has 2 N–H and O–H groups in total. The number of fused-ring (bicyclic) bond motifs is 2. The Morgan fingerprint density at radius 2 is 1.03 bits per heavy atom. The summed E-state index contributed by atoms with van der Waals surface area (Å²) in [5, 5.41) is 31.8. The molecule has 0 radical (unpaired) electrons. The highest BCUT2D eigenvalue weighted by atomic mass is 16.5. The molecule has 0 spiro atoms. The second kappa shape index (κ2) is 18.7. The molecule has 0 saturated heterocycles. The van der Waals surface area contributed by atoms with E-state index in [2.05, 4.69) is 98.9 Å². The predicted molar refractivity (Wildman–Crippen MR) is 232 cm³/mol. The van der Waals surface area contributed by atoms with Crippen molar-refractivity contribution >= 4 is 45.3 Å². The maximum Gasteiger partial charge on any atom is 0.154 e. The molecule has 15 nitrogen and oxygen atoms in total. The molecule has 8 aromatic rings. The highest BCUT2D eigenvalue weighted by Gasteiger charge is 2.10. The molecule has 0 saturated carbocycles. The Labute approximate surface area is 343 Å². The standard InChI is InChI=1S/C23H27N7.C21H23N7O/c1-15(2)7-8-30-14-19(13-26-30)18-9-21-20(24-11-18)5-6-22(27-21)28-23-10-17(16(3)4)12-25-29-23;1-14(2)15-9-21(27-23-11-15)26-20-5-4-18-19(25-20)8-16(10-22-18)17-12-24-28(13-17)6-7-29-3/h5-6,9-16H,7-8H2,1-4H3,(H,27,28,29);4-5,8-14H,6-7H2,1-3H3,(H,25,26,27). The quantitative estimate of drug-likeness (QED) is 0.107. The average Bonchev–Trinajstić information content (AvgIpc) is 3.93. The molecule has 8 rings (SSSR count). The third kappa shape index (κ3) is 10.6. The van der Waals surface area contributed by atoms with E-state index in [-0.39, 0.29) is 0 Å². The van der Waals surface area contributed by atoms with Crippen molar-refractivity contribution in [3.8, 4) is 22.3 Å². The third-order valence-corrected chi connectivity index (χ3v) is 9.66. The molecule has 0 aliphatic carbocycles. The van der Waals surface area contributed by atoms with Gasteiger partial charge in [0.2, 0.25) is 0 Å². The third-order valence-electron chi connectivity index (χ3n) is 9.66. The van der Waals surface area contributed by atoms with Gasteiger partial charge >= 0.3 is 0 Å². The number of hydrogen-bond donors (Lipinski definition) is 2. The first-order valence-electron chi connectivity index (χ1n) is 19.9. The first-order valence-corrected chi connectivity index (χ1v) is 19.9. The lowest BCUT2D eigenvalue weighted by Gasteiger charge is -2.09. The van der Waals surface area contributed by atoms with Crippen molar-refractivity contribution < 1.29 is 4.74 Å². The van der Waals surface area contributed by atoms with Crippen LogP contribution >= 0.6 is 0 Å². The molecule has 8 heterocycles. The van der Waals surface area contributed by atoms with Gasteiger partial charge in [-0.15, -0.1) is 10.2 Å². The molecule has 0 unspecified atom stereocenters. The first-order chi connectivity index (χ1) is 28.6. The predicted octanol–water partition coefficient (Wildman–Crippen LogP) is 8.99. The fourth-order valence-electron chi connectivity index (χ4n) is 6.09. The van der Waals surface area contributed by atoms with E-state index in [1.807, 2.05) is 88.9 Å².